The smallest absolute Gasteiger partial charge is 0.338 e. The Kier molecular flexibility index (Phi) is 10.8. The van der Waals surface area contributed by atoms with E-state index in [1.807, 2.05) is 13.8 Å². The molecule has 2 aromatic rings. The van der Waals surface area contributed by atoms with Gasteiger partial charge in [0.2, 0.25) is 0 Å². The van der Waals surface area contributed by atoms with Gasteiger partial charge in [-0.05, 0) is 161 Å². The fraction of sp³-hybridized carbons (Fsp3) is 0.634. The summed E-state index contributed by atoms with van der Waals surface area (Å²) in [5.41, 5.74) is 1.20. The van der Waals surface area contributed by atoms with E-state index in [0.29, 0.717) is 51.3 Å². The Labute approximate surface area is 301 Å². The van der Waals surface area contributed by atoms with Gasteiger partial charge in [-0.3, -0.25) is 4.79 Å². The van der Waals surface area contributed by atoms with Crippen LogP contribution in [0.5, 0.6) is 0 Å². The standard InChI is InChI=1S/C41H52Cl2O6/c1-24(2)47-36(44)17-6-25(3)32-15-16-33-37-34(19-21-41(32,33)5)40(4)20-18-31(48-38(45)26-7-11-29(42)12-8-26)22-28(40)23-35(37)49-39(46)27-9-13-30(43)14-10-27/h7-14,24-25,28,31-35,37H,6,15-23H2,1-5H3/t25-,28+,31-,32-,33+,34+,35-,37+,40+,41-/m1/s1. The van der Waals surface area contributed by atoms with Gasteiger partial charge in [-0.2, -0.15) is 0 Å². The van der Waals surface area contributed by atoms with Crippen molar-refractivity contribution < 1.29 is 28.6 Å². The van der Waals surface area contributed by atoms with Gasteiger partial charge in [0.1, 0.15) is 12.2 Å². The van der Waals surface area contributed by atoms with E-state index in [9.17, 15) is 14.4 Å². The minimum absolute atomic E-state index is 0.0721. The first-order valence-electron chi connectivity index (χ1n) is 18.4. The van der Waals surface area contributed by atoms with Crippen LogP contribution >= 0.6 is 23.2 Å². The first-order valence-corrected chi connectivity index (χ1v) is 19.2. The van der Waals surface area contributed by atoms with Crippen LogP contribution in [0.25, 0.3) is 0 Å². The Morgan fingerprint density at radius 3 is 1.94 bits per heavy atom. The van der Waals surface area contributed by atoms with Gasteiger partial charge in [-0.15, -0.1) is 0 Å². The van der Waals surface area contributed by atoms with Crippen molar-refractivity contribution in [3.8, 4) is 0 Å². The number of hydrogen-bond donors (Lipinski definition) is 0. The number of ether oxygens (including phenoxy) is 3. The van der Waals surface area contributed by atoms with Crippen LogP contribution in [-0.2, 0) is 19.0 Å². The zero-order chi connectivity index (χ0) is 35.1. The average molecular weight is 712 g/mol. The lowest BCUT2D eigenvalue weighted by Crippen LogP contribution is -2.59. The van der Waals surface area contributed by atoms with E-state index in [-0.39, 0.29) is 58.9 Å². The number of fused-ring (bicyclic) bond motifs is 5. The SMILES string of the molecule is CC(C)OC(=O)CC[C@@H](C)[C@H]1CC[C@H]2[C@@H]3[C@H](OC(=O)c4ccc(Cl)cc4)C[C@@H]4C[C@H](OC(=O)c5ccc(Cl)cc5)CC[C@]4(C)[C@H]3CC[C@]12C. The molecule has 8 heteroatoms. The third-order valence-electron chi connectivity index (χ3n) is 13.2. The Hall–Kier alpha value is -2.57. The van der Waals surface area contributed by atoms with Crippen LogP contribution in [0.4, 0.5) is 0 Å². The summed E-state index contributed by atoms with van der Waals surface area (Å²) in [5, 5.41) is 1.16. The van der Waals surface area contributed by atoms with Gasteiger partial charge >= 0.3 is 17.9 Å². The number of esters is 3. The molecule has 0 aliphatic heterocycles. The third kappa shape index (κ3) is 7.42. The number of halogens is 2. The minimum atomic E-state index is -0.318. The molecule has 266 valence electrons. The molecule has 0 N–H and O–H groups in total. The molecule has 0 bridgehead atoms. The molecule has 49 heavy (non-hydrogen) atoms. The van der Waals surface area contributed by atoms with Crippen molar-refractivity contribution in [1.29, 1.82) is 0 Å². The molecule has 4 fully saturated rings. The van der Waals surface area contributed by atoms with Crippen LogP contribution in [0.15, 0.2) is 48.5 Å². The Balaban J connectivity index is 1.23. The molecular weight excluding hydrogens is 659 g/mol. The fourth-order valence-corrected chi connectivity index (χ4v) is 11.1. The lowest BCUT2D eigenvalue weighted by atomic mass is 9.43. The van der Waals surface area contributed by atoms with Gasteiger partial charge in [-0.1, -0.05) is 44.0 Å². The highest BCUT2D eigenvalue weighted by molar-refractivity contribution is 6.31. The Bertz CT molecular complexity index is 1510. The second-order valence-electron chi connectivity index (χ2n) is 16.3. The maximum Gasteiger partial charge on any atom is 0.338 e. The molecule has 0 unspecified atom stereocenters. The fourth-order valence-electron chi connectivity index (χ4n) is 10.8. The number of carbonyl (C=O) groups is 3. The summed E-state index contributed by atoms with van der Waals surface area (Å²) in [4.78, 5) is 39.2. The minimum Gasteiger partial charge on any atom is -0.463 e. The summed E-state index contributed by atoms with van der Waals surface area (Å²) >= 11 is 12.2. The maximum atomic E-state index is 13.7. The lowest BCUT2D eigenvalue weighted by Gasteiger charge is -2.62. The third-order valence-corrected chi connectivity index (χ3v) is 13.7. The van der Waals surface area contributed by atoms with E-state index >= 15 is 0 Å². The highest BCUT2D eigenvalue weighted by Gasteiger charge is 2.64. The van der Waals surface area contributed by atoms with E-state index in [2.05, 4.69) is 20.8 Å². The highest BCUT2D eigenvalue weighted by atomic mass is 35.5. The number of benzene rings is 2. The average Bonchev–Trinajstić information content (AvgIpc) is 3.41. The van der Waals surface area contributed by atoms with Crippen molar-refractivity contribution in [3.63, 3.8) is 0 Å². The lowest BCUT2D eigenvalue weighted by molar-refractivity contribution is -0.175. The summed E-state index contributed by atoms with van der Waals surface area (Å²) in [6.07, 6.45) is 8.59. The Morgan fingerprint density at radius 2 is 1.33 bits per heavy atom. The van der Waals surface area contributed by atoms with E-state index in [0.717, 1.165) is 57.8 Å². The van der Waals surface area contributed by atoms with Gasteiger partial charge in [-0.25, -0.2) is 9.59 Å². The molecule has 0 spiro atoms. The van der Waals surface area contributed by atoms with E-state index in [1.165, 1.54) is 0 Å². The Morgan fingerprint density at radius 1 is 0.755 bits per heavy atom. The van der Waals surface area contributed by atoms with Crippen LogP contribution in [0.2, 0.25) is 10.0 Å². The van der Waals surface area contributed by atoms with Gasteiger partial charge < -0.3 is 14.2 Å². The predicted octanol–water partition coefficient (Wildman–Crippen LogP) is 10.4. The number of hydrogen-bond acceptors (Lipinski definition) is 6. The van der Waals surface area contributed by atoms with Crippen molar-refractivity contribution in [2.24, 2.45) is 46.3 Å². The first kappa shape index (κ1) is 36.2. The molecule has 6 nitrogen and oxygen atoms in total. The first-order chi connectivity index (χ1) is 23.3. The zero-order valence-electron chi connectivity index (χ0n) is 29.6. The van der Waals surface area contributed by atoms with Crippen LogP contribution in [-0.4, -0.2) is 36.2 Å². The molecule has 0 saturated heterocycles. The summed E-state index contributed by atoms with van der Waals surface area (Å²) in [6, 6.07) is 13.8. The quantitative estimate of drug-likeness (QED) is 0.190. The second kappa shape index (κ2) is 14.6. The molecule has 10 atom stereocenters. The van der Waals surface area contributed by atoms with E-state index in [4.69, 9.17) is 37.4 Å². The van der Waals surface area contributed by atoms with Crippen LogP contribution < -0.4 is 0 Å². The molecule has 0 radical (unpaired) electrons. The largest absolute Gasteiger partial charge is 0.463 e. The number of rotatable bonds is 9. The van der Waals surface area contributed by atoms with Crippen molar-refractivity contribution >= 4 is 41.1 Å². The zero-order valence-corrected chi connectivity index (χ0v) is 31.1. The topological polar surface area (TPSA) is 78.9 Å². The monoisotopic (exact) mass is 710 g/mol. The van der Waals surface area contributed by atoms with Crippen LogP contribution in [0.3, 0.4) is 0 Å². The summed E-state index contributed by atoms with van der Waals surface area (Å²) in [6.45, 7) is 11.0. The van der Waals surface area contributed by atoms with Gasteiger partial charge in [0.05, 0.1) is 17.2 Å². The molecule has 4 aliphatic carbocycles. The molecule has 4 aliphatic rings. The van der Waals surface area contributed by atoms with Crippen LogP contribution in [0.1, 0.15) is 120 Å². The summed E-state index contributed by atoms with van der Waals surface area (Å²) in [7, 11) is 0. The molecule has 0 aromatic heterocycles. The van der Waals surface area contributed by atoms with Crippen molar-refractivity contribution in [1.82, 2.24) is 0 Å². The van der Waals surface area contributed by atoms with Gasteiger partial charge in [0, 0.05) is 22.4 Å². The molecular formula is C41H52Cl2O6. The summed E-state index contributed by atoms with van der Waals surface area (Å²) in [5.74, 6) is 1.54. The normalized spacial score (nSPS) is 34.2. The van der Waals surface area contributed by atoms with Crippen molar-refractivity contribution in [2.45, 2.75) is 117 Å². The van der Waals surface area contributed by atoms with E-state index < -0.39 is 0 Å². The molecule has 0 amide bonds. The molecule has 0 heterocycles. The summed E-state index contributed by atoms with van der Waals surface area (Å²) < 4.78 is 18.1. The number of carbonyl (C=O) groups excluding carboxylic acids is 3. The molecule has 2 aromatic carbocycles. The molecule has 4 saturated carbocycles. The van der Waals surface area contributed by atoms with E-state index in [1.54, 1.807) is 48.5 Å². The van der Waals surface area contributed by atoms with Crippen LogP contribution in [0, 0.1) is 46.3 Å². The van der Waals surface area contributed by atoms with Gasteiger partial charge in [0.15, 0.2) is 0 Å². The second-order valence-corrected chi connectivity index (χ2v) is 17.1. The van der Waals surface area contributed by atoms with Gasteiger partial charge in [0.25, 0.3) is 0 Å². The van der Waals surface area contributed by atoms with Crippen molar-refractivity contribution in [2.75, 3.05) is 0 Å². The maximum absolute atomic E-state index is 13.7. The highest BCUT2D eigenvalue weighted by Crippen LogP contribution is 2.69. The van der Waals surface area contributed by atoms with Crippen molar-refractivity contribution in [3.05, 3.63) is 69.7 Å². The molecule has 6 rings (SSSR count). The predicted molar refractivity (Wildman–Crippen MR) is 192 cm³/mol.